The normalized spacial score (nSPS) is 17.5. The number of nitrogens with two attached hydrogens (primary N) is 1. The zero-order valence-electron chi connectivity index (χ0n) is 10.7. The van der Waals surface area contributed by atoms with Crippen molar-refractivity contribution >= 4 is 0 Å². The van der Waals surface area contributed by atoms with Gasteiger partial charge in [0.2, 0.25) is 0 Å². The molecule has 2 N–H and O–H groups in total. The Morgan fingerprint density at radius 2 is 1.87 bits per heavy atom. The molecule has 0 aliphatic heterocycles. The van der Waals surface area contributed by atoms with Gasteiger partial charge in [0.25, 0.3) is 0 Å². The molecule has 0 spiro atoms. The molecule has 3 heteroatoms. The molecule has 0 bridgehead atoms. The van der Waals surface area contributed by atoms with E-state index in [1.807, 2.05) is 0 Å². The fourth-order valence-electron chi connectivity index (χ4n) is 2.03. The highest BCUT2D eigenvalue weighted by Gasteiger charge is 2.25. The van der Waals surface area contributed by atoms with Gasteiger partial charge in [-0.15, -0.1) is 0 Å². The van der Waals surface area contributed by atoms with Gasteiger partial charge in [-0.1, -0.05) is 13.8 Å². The van der Waals surface area contributed by atoms with Crippen LogP contribution in [0.5, 0.6) is 0 Å². The maximum atomic E-state index is 8.88. The first-order valence-electron chi connectivity index (χ1n) is 5.80. The minimum Gasteiger partial charge on any atom is -0.314 e. The van der Waals surface area contributed by atoms with Crippen molar-refractivity contribution in [1.29, 1.82) is 5.26 Å². The van der Waals surface area contributed by atoms with Crippen molar-refractivity contribution in [3.8, 4) is 6.07 Å². The van der Waals surface area contributed by atoms with E-state index in [0.29, 0.717) is 12.1 Å². The second kappa shape index (κ2) is 6.09. The van der Waals surface area contributed by atoms with Crippen molar-refractivity contribution < 1.29 is 0 Å². The molecule has 0 saturated heterocycles. The van der Waals surface area contributed by atoms with Crippen molar-refractivity contribution in [2.24, 2.45) is 5.73 Å². The lowest BCUT2D eigenvalue weighted by Gasteiger charge is -2.34. The van der Waals surface area contributed by atoms with Crippen LogP contribution in [-0.2, 0) is 0 Å². The Bertz CT molecular complexity index is 213. The van der Waals surface area contributed by atoms with Crippen LogP contribution >= 0.6 is 0 Å². The molecule has 0 aliphatic carbocycles. The predicted molar refractivity (Wildman–Crippen MR) is 64.4 cm³/mol. The van der Waals surface area contributed by atoms with E-state index < -0.39 is 5.54 Å². The number of hydrogen-bond acceptors (Lipinski definition) is 3. The van der Waals surface area contributed by atoms with E-state index in [-0.39, 0.29) is 0 Å². The van der Waals surface area contributed by atoms with Crippen LogP contribution in [0, 0.1) is 11.3 Å². The van der Waals surface area contributed by atoms with E-state index in [0.717, 1.165) is 19.3 Å². The number of hydrogen-bond donors (Lipinski definition) is 1. The maximum Gasteiger partial charge on any atom is 0.102 e. The van der Waals surface area contributed by atoms with E-state index >= 15 is 0 Å². The summed E-state index contributed by atoms with van der Waals surface area (Å²) in [4.78, 5) is 2.34. The molecule has 0 rings (SSSR count). The maximum absolute atomic E-state index is 8.88. The summed E-state index contributed by atoms with van der Waals surface area (Å²) in [6.07, 6.45) is 3.01. The molecule has 15 heavy (non-hydrogen) atoms. The molecule has 2 atom stereocenters. The summed E-state index contributed by atoms with van der Waals surface area (Å²) in [7, 11) is 2.12. The molecule has 0 aromatic carbocycles. The van der Waals surface area contributed by atoms with Crippen LogP contribution in [-0.4, -0.2) is 29.6 Å². The van der Waals surface area contributed by atoms with Gasteiger partial charge in [0.05, 0.1) is 6.07 Å². The van der Waals surface area contributed by atoms with Crippen LogP contribution in [0.1, 0.15) is 47.0 Å². The highest BCUT2D eigenvalue weighted by molar-refractivity contribution is 5.02. The van der Waals surface area contributed by atoms with E-state index in [4.69, 9.17) is 11.0 Å². The number of nitriles is 1. The third kappa shape index (κ3) is 4.63. The summed E-state index contributed by atoms with van der Waals surface area (Å²) in [5.41, 5.74) is 5.14. The molecule has 0 radical (unpaired) electrons. The largest absolute Gasteiger partial charge is 0.314 e. The number of rotatable bonds is 6. The molecule has 0 aliphatic rings. The van der Waals surface area contributed by atoms with Crippen molar-refractivity contribution in [1.82, 2.24) is 4.90 Å². The Morgan fingerprint density at radius 3 is 2.20 bits per heavy atom. The van der Waals surface area contributed by atoms with E-state index in [2.05, 4.69) is 38.8 Å². The standard InChI is InChI=1S/C12H25N3/c1-6-11(7-2)15(5)10(3)8-12(4,14)9-13/h10-11H,6-8,14H2,1-5H3. The van der Waals surface area contributed by atoms with Gasteiger partial charge >= 0.3 is 0 Å². The fourth-order valence-corrected chi connectivity index (χ4v) is 2.03. The molecule has 0 amide bonds. The van der Waals surface area contributed by atoms with Crippen molar-refractivity contribution in [2.45, 2.75) is 64.6 Å². The topological polar surface area (TPSA) is 53.0 Å². The third-order valence-corrected chi connectivity index (χ3v) is 3.19. The Balaban J connectivity index is 4.33. The van der Waals surface area contributed by atoms with Crippen molar-refractivity contribution in [3.63, 3.8) is 0 Å². The second-order valence-electron chi connectivity index (χ2n) is 4.72. The number of nitrogens with zero attached hydrogens (tertiary/aromatic N) is 2. The first-order chi connectivity index (χ1) is 6.87. The Kier molecular flexibility index (Phi) is 5.85. The zero-order chi connectivity index (χ0) is 12.1. The Hall–Kier alpha value is -0.590. The summed E-state index contributed by atoms with van der Waals surface area (Å²) in [6, 6.07) is 3.10. The molecular weight excluding hydrogens is 186 g/mol. The molecule has 0 fully saturated rings. The van der Waals surface area contributed by atoms with Gasteiger partial charge in [-0.2, -0.15) is 5.26 Å². The Morgan fingerprint density at radius 1 is 1.40 bits per heavy atom. The van der Waals surface area contributed by atoms with Crippen LogP contribution in [0.4, 0.5) is 0 Å². The van der Waals surface area contributed by atoms with Crippen LogP contribution < -0.4 is 5.73 Å². The van der Waals surface area contributed by atoms with Gasteiger partial charge in [-0.3, -0.25) is 0 Å². The smallest absolute Gasteiger partial charge is 0.102 e. The minimum atomic E-state index is -0.709. The Labute approximate surface area is 94.2 Å². The van der Waals surface area contributed by atoms with Gasteiger partial charge in [0.15, 0.2) is 0 Å². The van der Waals surface area contributed by atoms with E-state index in [1.54, 1.807) is 6.92 Å². The second-order valence-corrected chi connectivity index (χ2v) is 4.72. The highest BCUT2D eigenvalue weighted by Crippen LogP contribution is 2.16. The van der Waals surface area contributed by atoms with Crippen LogP contribution in [0.3, 0.4) is 0 Å². The summed E-state index contributed by atoms with van der Waals surface area (Å²) < 4.78 is 0. The lowest BCUT2D eigenvalue weighted by atomic mass is 9.95. The average Bonchev–Trinajstić information content (AvgIpc) is 2.19. The van der Waals surface area contributed by atoms with Gasteiger partial charge < -0.3 is 10.6 Å². The summed E-state index contributed by atoms with van der Waals surface area (Å²) in [5.74, 6) is 0. The fraction of sp³-hybridized carbons (Fsp3) is 0.917. The van der Waals surface area contributed by atoms with Crippen LogP contribution in [0.2, 0.25) is 0 Å². The molecule has 0 aromatic heterocycles. The molecular formula is C12H25N3. The van der Waals surface area contributed by atoms with Gasteiger partial charge in [-0.25, -0.2) is 0 Å². The van der Waals surface area contributed by atoms with E-state index in [1.165, 1.54) is 0 Å². The van der Waals surface area contributed by atoms with Gasteiger partial charge in [0.1, 0.15) is 5.54 Å². The van der Waals surface area contributed by atoms with Crippen molar-refractivity contribution in [3.05, 3.63) is 0 Å². The summed E-state index contributed by atoms with van der Waals surface area (Å²) in [5, 5.41) is 8.88. The molecule has 3 nitrogen and oxygen atoms in total. The zero-order valence-corrected chi connectivity index (χ0v) is 10.7. The lowest BCUT2D eigenvalue weighted by Crippen LogP contribution is -2.45. The molecule has 88 valence electrons. The quantitative estimate of drug-likeness (QED) is 0.732. The minimum absolute atomic E-state index is 0.351. The summed E-state index contributed by atoms with van der Waals surface area (Å²) >= 11 is 0. The first kappa shape index (κ1) is 14.4. The molecule has 0 saturated carbocycles. The SMILES string of the molecule is CCC(CC)N(C)C(C)CC(C)(N)C#N. The average molecular weight is 211 g/mol. The lowest BCUT2D eigenvalue weighted by molar-refractivity contribution is 0.155. The predicted octanol–water partition coefficient (Wildman–Crippen LogP) is 2.13. The first-order valence-corrected chi connectivity index (χ1v) is 5.80. The molecule has 0 aromatic rings. The monoisotopic (exact) mass is 211 g/mol. The third-order valence-electron chi connectivity index (χ3n) is 3.19. The molecule has 0 heterocycles. The summed E-state index contributed by atoms with van der Waals surface area (Å²) in [6.45, 7) is 8.33. The molecule has 2 unspecified atom stereocenters. The van der Waals surface area contributed by atoms with Crippen LogP contribution in [0.25, 0.3) is 0 Å². The van der Waals surface area contributed by atoms with Gasteiger partial charge in [-0.05, 0) is 40.2 Å². The van der Waals surface area contributed by atoms with Crippen LogP contribution in [0.15, 0.2) is 0 Å². The van der Waals surface area contributed by atoms with E-state index in [9.17, 15) is 0 Å². The highest BCUT2D eigenvalue weighted by atomic mass is 15.2. The van der Waals surface area contributed by atoms with Gasteiger partial charge in [0, 0.05) is 12.1 Å². The van der Waals surface area contributed by atoms with Crippen molar-refractivity contribution in [2.75, 3.05) is 7.05 Å².